The van der Waals surface area contributed by atoms with E-state index in [-0.39, 0.29) is 17.8 Å². The molecular weight excluding hydrogens is 432 g/mol. The van der Waals surface area contributed by atoms with Gasteiger partial charge in [0.25, 0.3) is 0 Å². The van der Waals surface area contributed by atoms with E-state index in [4.69, 9.17) is 9.26 Å². The highest BCUT2D eigenvalue weighted by molar-refractivity contribution is 5.95. The molecule has 0 saturated carbocycles. The number of amides is 1. The van der Waals surface area contributed by atoms with Gasteiger partial charge < -0.3 is 14.6 Å². The second-order valence-electron chi connectivity index (χ2n) is 8.67. The molecule has 1 fully saturated rings. The molecule has 0 bridgehead atoms. The number of aromatic nitrogens is 2. The van der Waals surface area contributed by atoms with Crippen molar-refractivity contribution in [2.24, 2.45) is 5.92 Å². The predicted molar refractivity (Wildman–Crippen MR) is 128 cm³/mol. The van der Waals surface area contributed by atoms with Gasteiger partial charge in [-0.2, -0.15) is 4.98 Å². The van der Waals surface area contributed by atoms with Crippen LogP contribution in [0.4, 0.5) is 5.69 Å². The lowest BCUT2D eigenvalue weighted by Crippen LogP contribution is -2.37. The first-order valence-corrected chi connectivity index (χ1v) is 11.6. The van der Waals surface area contributed by atoms with Gasteiger partial charge in [0.2, 0.25) is 17.6 Å². The number of hydrogen-bond donors (Lipinski definition) is 1. The van der Waals surface area contributed by atoms with Crippen LogP contribution in [0.15, 0.2) is 47.0 Å². The number of benzene rings is 2. The third-order valence-electron chi connectivity index (χ3n) is 6.09. The van der Waals surface area contributed by atoms with E-state index in [9.17, 15) is 9.59 Å². The summed E-state index contributed by atoms with van der Waals surface area (Å²) >= 11 is 0. The molecule has 3 aromatic rings. The SMILES string of the molecule is CCOC(=O)c1ccc(NC(=O)C2CCN(Cc3nc(-c4ccc(C)cc4)no3)CC2)c(C)c1. The summed E-state index contributed by atoms with van der Waals surface area (Å²) in [6.45, 7) is 8.14. The number of piperidine rings is 1. The Balaban J connectivity index is 1.28. The van der Waals surface area contributed by atoms with E-state index in [1.807, 2.05) is 38.1 Å². The molecule has 0 radical (unpaired) electrons. The molecule has 4 rings (SSSR count). The second kappa shape index (κ2) is 10.6. The Hall–Kier alpha value is -3.52. The number of esters is 1. The van der Waals surface area contributed by atoms with Crippen LogP contribution in [0, 0.1) is 19.8 Å². The quantitative estimate of drug-likeness (QED) is 0.520. The number of carbonyl (C=O) groups is 2. The van der Waals surface area contributed by atoms with Gasteiger partial charge in [-0.1, -0.05) is 35.0 Å². The number of nitrogens with one attached hydrogen (secondary N) is 1. The van der Waals surface area contributed by atoms with Crippen LogP contribution in [0.25, 0.3) is 11.4 Å². The lowest BCUT2D eigenvalue weighted by Gasteiger charge is -2.30. The molecule has 1 N–H and O–H groups in total. The van der Waals surface area contributed by atoms with Crippen LogP contribution in [0.3, 0.4) is 0 Å². The van der Waals surface area contributed by atoms with E-state index in [2.05, 4.69) is 20.4 Å². The van der Waals surface area contributed by atoms with Gasteiger partial charge in [0.15, 0.2) is 0 Å². The average Bonchev–Trinajstić information content (AvgIpc) is 3.30. The zero-order valence-corrected chi connectivity index (χ0v) is 19.8. The van der Waals surface area contributed by atoms with Gasteiger partial charge in [-0.15, -0.1) is 0 Å². The Morgan fingerprint density at radius 2 is 1.85 bits per heavy atom. The topological polar surface area (TPSA) is 97.6 Å². The van der Waals surface area contributed by atoms with Gasteiger partial charge in [-0.25, -0.2) is 4.79 Å². The molecule has 34 heavy (non-hydrogen) atoms. The van der Waals surface area contributed by atoms with Gasteiger partial charge >= 0.3 is 5.97 Å². The van der Waals surface area contributed by atoms with Gasteiger partial charge in [-0.3, -0.25) is 9.69 Å². The fourth-order valence-corrected chi connectivity index (χ4v) is 4.06. The number of nitrogens with zero attached hydrogens (tertiary/aromatic N) is 3. The van der Waals surface area contributed by atoms with E-state index < -0.39 is 0 Å². The first-order chi connectivity index (χ1) is 16.4. The fourth-order valence-electron chi connectivity index (χ4n) is 4.06. The lowest BCUT2D eigenvalue weighted by atomic mass is 9.95. The Bertz CT molecular complexity index is 1150. The number of hydrogen-bond acceptors (Lipinski definition) is 7. The fraction of sp³-hybridized carbons (Fsp3) is 0.385. The molecule has 2 aromatic carbocycles. The van der Waals surface area contributed by atoms with Crippen LogP contribution in [-0.4, -0.2) is 46.6 Å². The maximum absolute atomic E-state index is 12.8. The Morgan fingerprint density at radius 1 is 1.12 bits per heavy atom. The number of likely N-dealkylation sites (tertiary alicyclic amines) is 1. The number of ether oxygens (including phenoxy) is 1. The highest BCUT2D eigenvalue weighted by atomic mass is 16.5. The number of aryl methyl sites for hydroxylation is 2. The van der Waals surface area contributed by atoms with Crippen LogP contribution in [-0.2, 0) is 16.1 Å². The van der Waals surface area contributed by atoms with Crippen molar-refractivity contribution in [1.82, 2.24) is 15.0 Å². The van der Waals surface area contributed by atoms with Crippen LogP contribution in [0.2, 0.25) is 0 Å². The summed E-state index contributed by atoms with van der Waals surface area (Å²) in [6, 6.07) is 13.2. The van der Waals surface area contributed by atoms with Crippen molar-refractivity contribution in [3.63, 3.8) is 0 Å². The largest absolute Gasteiger partial charge is 0.462 e. The summed E-state index contributed by atoms with van der Waals surface area (Å²) in [4.78, 5) is 31.5. The van der Waals surface area contributed by atoms with Crippen molar-refractivity contribution < 1.29 is 18.8 Å². The maximum Gasteiger partial charge on any atom is 0.338 e. The van der Waals surface area contributed by atoms with E-state index in [1.165, 1.54) is 5.56 Å². The smallest absolute Gasteiger partial charge is 0.338 e. The third kappa shape index (κ3) is 5.69. The first-order valence-electron chi connectivity index (χ1n) is 11.6. The number of rotatable bonds is 7. The zero-order valence-electron chi connectivity index (χ0n) is 19.8. The monoisotopic (exact) mass is 462 g/mol. The van der Waals surface area contributed by atoms with Crippen LogP contribution >= 0.6 is 0 Å². The van der Waals surface area contributed by atoms with Gasteiger partial charge in [-0.05, 0) is 70.5 Å². The van der Waals surface area contributed by atoms with E-state index in [0.717, 1.165) is 42.7 Å². The minimum absolute atomic E-state index is 0.00563. The summed E-state index contributed by atoms with van der Waals surface area (Å²) in [6.07, 6.45) is 1.51. The maximum atomic E-state index is 12.8. The lowest BCUT2D eigenvalue weighted by molar-refractivity contribution is -0.121. The minimum atomic E-state index is -0.358. The molecule has 1 amide bonds. The van der Waals surface area contributed by atoms with Crippen molar-refractivity contribution >= 4 is 17.6 Å². The van der Waals surface area contributed by atoms with E-state index in [1.54, 1.807) is 25.1 Å². The van der Waals surface area contributed by atoms with Crippen molar-refractivity contribution in [1.29, 1.82) is 0 Å². The number of carbonyl (C=O) groups excluding carboxylic acids is 2. The summed E-state index contributed by atoms with van der Waals surface area (Å²) in [5.41, 5.74) is 4.15. The van der Waals surface area contributed by atoms with E-state index in [0.29, 0.717) is 30.4 Å². The van der Waals surface area contributed by atoms with Crippen molar-refractivity contribution in [3.05, 3.63) is 65.0 Å². The van der Waals surface area contributed by atoms with Gasteiger partial charge in [0.1, 0.15) is 0 Å². The normalized spacial score (nSPS) is 14.7. The molecule has 0 atom stereocenters. The molecule has 8 heteroatoms. The van der Waals surface area contributed by atoms with E-state index >= 15 is 0 Å². The molecule has 1 aromatic heterocycles. The predicted octanol–water partition coefficient (Wildman–Crippen LogP) is 4.38. The third-order valence-corrected chi connectivity index (χ3v) is 6.09. The molecular formula is C26H30N4O4. The molecule has 2 heterocycles. The minimum Gasteiger partial charge on any atom is -0.462 e. The highest BCUT2D eigenvalue weighted by Crippen LogP contribution is 2.24. The van der Waals surface area contributed by atoms with Gasteiger partial charge in [0, 0.05) is 17.2 Å². The molecule has 178 valence electrons. The first kappa shape index (κ1) is 23.6. The summed E-state index contributed by atoms with van der Waals surface area (Å²) in [7, 11) is 0. The zero-order chi connectivity index (χ0) is 24.1. The van der Waals surface area contributed by atoms with Crippen LogP contribution in [0.5, 0.6) is 0 Å². The summed E-state index contributed by atoms with van der Waals surface area (Å²) in [5, 5.41) is 7.12. The second-order valence-corrected chi connectivity index (χ2v) is 8.67. The standard InChI is InChI=1S/C26H30N4O4/c1-4-33-26(32)21-9-10-22(18(3)15-21)27-25(31)20-11-13-30(14-12-20)16-23-28-24(29-34-23)19-7-5-17(2)6-8-19/h5-10,15,20H,4,11-14,16H2,1-3H3,(H,27,31). The Labute approximate surface area is 199 Å². The van der Waals surface area contributed by atoms with Crippen LogP contribution < -0.4 is 5.32 Å². The molecule has 1 aliphatic rings. The Morgan fingerprint density at radius 3 is 2.53 bits per heavy atom. The highest BCUT2D eigenvalue weighted by Gasteiger charge is 2.26. The van der Waals surface area contributed by atoms with Crippen LogP contribution in [0.1, 0.15) is 47.1 Å². The van der Waals surface area contributed by atoms with Crippen molar-refractivity contribution in [2.75, 3.05) is 25.0 Å². The Kier molecular flexibility index (Phi) is 7.37. The molecule has 0 aliphatic carbocycles. The van der Waals surface area contributed by atoms with Gasteiger partial charge in [0.05, 0.1) is 18.7 Å². The average molecular weight is 463 g/mol. The number of anilines is 1. The molecule has 0 spiro atoms. The molecule has 8 nitrogen and oxygen atoms in total. The molecule has 1 aliphatic heterocycles. The van der Waals surface area contributed by atoms with Crippen molar-refractivity contribution in [3.8, 4) is 11.4 Å². The summed E-state index contributed by atoms with van der Waals surface area (Å²) < 4.78 is 10.5. The van der Waals surface area contributed by atoms with Crippen molar-refractivity contribution in [2.45, 2.75) is 40.2 Å². The molecule has 1 saturated heterocycles. The molecule has 0 unspecified atom stereocenters. The summed E-state index contributed by atoms with van der Waals surface area (Å²) in [5.74, 6) is 0.754.